The summed E-state index contributed by atoms with van der Waals surface area (Å²) in [5.41, 5.74) is 1.25. The molecule has 5 heteroatoms. The second-order valence-corrected chi connectivity index (χ2v) is 5.11. The Labute approximate surface area is 123 Å². The first-order valence-corrected chi connectivity index (χ1v) is 7.05. The summed E-state index contributed by atoms with van der Waals surface area (Å²) in [6.07, 6.45) is 0.640. The number of pyridine rings is 1. The number of hydrogen-bond donors (Lipinski definition) is 1. The van der Waals surface area contributed by atoms with Crippen LogP contribution < -0.4 is 5.32 Å². The number of aromatic nitrogens is 1. The molecule has 2 heterocycles. The Hall–Kier alpha value is -1.98. The summed E-state index contributed by atoms with van der Waals surface area (Å²) >= 11 is 0. The molecule has 3 rings (SSSR count). The second-order valence-electron chi connectivity index (χ2n) is 5.11. The van der Waals surface area contributed by atoms with E-state index in [4.69, 9.17) is 9.47 Å². The van der Waals surface area contributed by atoms with Crippen molar-refractivity contribution < 1.29 is 14.3 Å². The highest BCUT2D eigenvalue weighted by Crippen LogP contribution is 2.14. The van der Waals surface area contributed by atoms with Gasteiger partial charge in [-0.3, -0.25) is 4.79 Å². The van der Waals surface area contributed by atoms with Gasteiger partial charge in [-0.1, -0.05) is 24.3 Å². The molecule has 0 bridgehead atoms. The van der Waals surface area contributed by atoms with Crippen LogP contribution in [0.4, 0.5) is 0 Å². The Kier molecular flexibility index (Phi) is 4.13. The number of nitrogens with zero attached hydrogens (tertiary/aromatic N) is 1. The maximum atomic E-state index is 12.3. The lowest BCUT2D eigenvalue weighted by Crippen LogP contribution is -2.49. The molecule has 5 nitrogen and oxygen atoms in total. The van der Waals surface area contributed by atoms with Crippen molar-refractivity contribution in [2.24, 2.45) is 0 Å². The van der Waals surface area contributed by atoms with Gasteiger partial charge >= 0.3 is 0 Å². The van der Waals surface area contributed by atoms with Crippen molar-refractivity contribution in [1.29, 1.82) is 0 Å². The van der Waals surface area contributed by atoms with Gasteiger partial charge in [-0.2, -0.15) is 0 Å². The maximum Gasteiger partial charge on any atom is 0.270 e. The number of benzene rings is 1. The quantitative estimate of drug-likeness (QED) is 0.934. The first-order chi connectivity index (χ1) is 10.3. The minimum Gasteiger partial charge on any atom is -0.379 e. The first-order valence-electron chi connectivity index (χ1n) is 7.05. The molecule has 1 N–H and O–H groups in total. The minimum absolute atomic E-state index is 0.0375. The number of methoxy groups -OCH3 is 1. The van der Waals surface area contributed by atoms with Gasteiger partial charge in [0.2, 0.25) is 0 Å². The molecule has 0 unspecified atom stereocenters. The highest BCUT2D eigenvalue weighted by Gasteiger charge is 2.27. The molecule has 0 saturated carbocycles. The number of hydrogen-bond acceptors (Lipinski definition) is 4. The van der Waals surface area contributed by atoms with Gasteiger partial charge in [-0.15, -0.1) is 0 Å². The molecule has 1 aliphatic heterocycles. The third kappa shape index (κ3) is 3.04. The van der Waals surface area contributed by atoms with Gasteiger partial charge in [-0.25, -0.2) is 4.98 Å². The van der Waals surface area contributed by atoms with E-state index in [1.807, 2.05) is 30.3 Å². The van der Waals surface area contributed by atoms with E-state index in [1.165, 1.54) is 0 Å². The zero-order valence-electron chi connectivity index (χ0n) is 11.9. The molecule has 1 aliphatic rings. The van der Waals surface area contributed by atoms with Crippen molar-refractivity contribution in [3.05, 3.63) is 42.1 Å². The van der Waals surface area contributed by atoms with Crippen molar-refractivity contribution in [1.82, 2.24) is 10.3 Å². The van der Waals surface area contributed by atoms with E-state index in [0.717, 1.165) is 17.3 Å². The van der Waals surface area contributed by atoms with E-state index in [1.54, 1.807) is 13.2 Å². The second kappa shape index (κ2) is 6.20. The molecule has 2 atom stereocenters. The number of rotatable bonds is 3. The average molecular weight is 286 g/mol. The number of ether oxygens (including phenoxy) is 2. The molecule has 1 aromatic heterocycles. The Morgan fingerprint density at radius 1 is 1.33 bits per heavy atom. The molecule has 0 spiro atoms. The van der Waals surface area contributed by atoms with Crippen molar-refractivity contribution >= 4 is 16.8 Å². The van der Waals surface area contributed by atoms with Crippen LogP contribution >= 0.6 is 0 Å². The molecular formula is C16H18N2O3. The molecule has 21 heavy (non-hydrogen) atoms. The average Bonchev–Trinajstić information content (AvgIpc) is 2.55. The summed E-state index contributed by atoms with van der Waals surface area (Å²) in [7, 11) is 1.63. The van der Waals surface area contributed by atoms with Gasteiger partial charge in [0, 0.05) is 19.1 Å². The monoisotopic (exact) mass is 286 g/mol. The normalized spacial score (nSPS) is 22.1. The number of para-hydroxylation sites is 1. The van der Waals surface area contributed by atoms with Crippen LogP contribution in [0.3, 0.4) is 0 Å². The highest BCUT2D eigenvalue weighted by molar-refractivity contribution is 5.95. The van der Waals surface area contributed by atoms with Crippen LogP contribution in [0.2, 0.25) is 0 Å². The fourth-order valence-electron chi connectivity index (χ4n) is 2.54. The van der Waals surface area contributed by atoms with E-state index in [-0.39, 0.29) is 18.1 Å². The van der Waals surface area contributed by atoms with Gasteiger partial charge in [-0.05, 0) is 18.6 Å². The highest BCUT2D eigenvalue weighted by atomic mass is 16.5. The first kappa shape index (κ1) is 14.0. The molecule has 0 radical (unpaired) electrons. The largest absolute Gasteiger partial charge is 0.379 e. The Bertz CT molecular complexity index is 644. The van der Waals surface area contributed by atoms with E-state index < -0.39 is 0 Å². The molecular weight excluding hydrogens is 268 g/mol. The van der Waals surface area contributed by atoms with Crippen LogP contribution in [0.15, 0.2) is 36.4 Å². The van der Waals surface area contributed by atoms with Gasteiger partial charge < -0.3 is 14.8 Å². The Morgan fingerprint density at radius 2 is 2.19 bits per heavy atom. The van der Waals surface area contributed by atoms with E-state index in [2.05, 4.69) is 10.3 Å². The number of amides is 1. The lowest BCUT2D eigenvalue weighted by Gasteiger charge is -2.30. The van der Waals surface area contributed by atoms with Gasteiger partial charge in [0.25, 0.3) is 5.91 Å². The maximum absolute atomic E-state index is 12.3. The Balaban J connectivity index is 1.76. The fourth-order valence-corrected chi connectivity index (χ4v) is 2.54. The van der Waals surface area contributed by atoms with Crippen molar-refractivity contribution in [2.45, 2.75) is 18.6 Å². The lowest BCUT2D eigenvalue weighted by molar-refractivity contribution is -0.0479. The van der Waals surface area contributed by atoms with Gasteiger partial charge in [0.1, 0.15) is 11.8 Å². The number of fused-ring (bicyclic) bond motifs is 1. The summed E-state index contributed by atoms with van der Waals surface area (Å²) in [6.45, 7) is 1.14. The van der Waals surface area contributed by atoms with Crippen LogP contribution in [-0.4, -0.2) is 43.4 Å². The number of carbonyl (C=O) groups excluding carboxylic acids is 1. The number of carbonyl (C=O) groups is 1. The third-order valence-corrected chi connectivity index (χ3v) is 3.75. The fraction of sp³-hybridized carbons (Fsp3) is 0.375. The summed E-state index contributed by atoms with van der Waals surface area (Å²) in [6, 6.07) is 11.4. The van der Waals surface area contributed by atoms with E-state index >= 15 is 0 Å². The summed E-state index contributed by atoms with van der Waals surface area (Å²) in [5, 5.41) is 4.02. The zero-order valence-corrected chi connectivity index (χ0v) is 11.9. The molecule has 1 aromatic carbocycles. The molecule has 2 aromatic rings. The topological polar surface area (TPSA) is 60.5 Å². The predicted molar refractivity (Wildman–Crippen MR) is 79.2 cm³/mol. The van der Waals surface area contributed by atoms with Crippen molar-refractivity contribution in [3.63, 3.8) is 0 Å². The summed E-state index contributed by atoms with van der Waals surface area (Å²) in [4.78, 5) is 16.8. The van der Waals surface area contributed by atoms with Crippen LogP contribution in [0.1, 0.15) is 16.9 Å². The van der Waals surface area contributed by atoms with Crippen molar-refractivity contribution in [2.75, 3.05) is 20.3 Å². The lowest BCUT2D eigenvalue weighted by atomic mass is 10.1. The molecule has 1 amide bonds. The number of nitrogens with one attached hydrogen (secondary N) is 1. The summed E-state index contributed by atoms with van der Waals surface area (Å²) < 4.78 is 10.7. The van der Waals surface area contributed by atoms with E-state index in [0.29, 0.717) is 18.9 Å². The standard InChI is InChI=1S/C16H18N2O3/c1-20-15-10-21-9-8-13(15)18-16(19)14-7-6-11-4-2-3-5-12(11)17-14/h2-7,13,15H,8-10H2,1H3,(H,18,19)/t13-,15-/m0/s1. The Morgan fingerprint density at radius 3 is 3.05 bits per heavy atom. The van der Waals surface area contributed by atoms with Crippen LogP contribution in [0.5, 0.6) is 0 Å². The van der Waals surface area contributed by atoms with Crippen molar-refractivity contribution in [3.8, 4) is 0 Å². The molecule has 0 aliphatic carbocycles. The van der Waals surface area contributed by atoms with Crippen LogP contribution in [0, 0.1) is 0 Å². The minimum atomic E-state index is -0.172. The predicted octanol–water partition coefficient (Wildman–Crippen LogP) is 1.77. The zero-order chi connectivity index (χ0) is 14.7. The summed E-state index contributed by atoms with van der Waals surface area (Å²) in [5.74, 6) is -0.172. The van der Waals surface area contributed by atoms with Crippen LogP contribution in [-0.2, 0) is 9.47 Å². The molecule has 1 saturated heterocycles. The smallest absolute Gasteiger partial charge is 0.270 e. The molecule has 110 valence electrons. The SMILES string of the molecule is CO[C@H]1COCC[C@@H]1NC(=O)c1ccc2ccccc2n1. The van der Waals surface area contributed by atoms with Crippen LogP contribution in [0.25, 0.3) is 10.9 Å². The van der Waals surface area contributed by atoms with Gasteiger partial charge in [0.05, 0.1) is 18.2 Å². The third-order valence-electron chi connectivity index (χ3n) is 3.75. The molecule has 1 fully saturated rings. The van der Waals surface area contributed by atoms with Gasteiger partial charge in [0.15, 0.2) is 0 Å². The van der Waals surface area contributed by atoms with E-state index in [9.17, 15) is 4.79 Å².